The van der Waals surface area contributed by atoms with Crippen molar-refractivity contribution < 1.29 is 17.9 Å². The molecule has 1 amide bonds. The molecule has 2 aromatic carbocycles. The van der Waals surface area contributed by atoms with Crippen LogP contribution in [0.4, 0.5) is 5.69 Å². The highest BCUT2D eigenvalue weighted by Gasteiger charge is 2.26. The Morgan fingerprint density at radius 1 is 1.16 bits per heavy atom. The number of aryl methyl sites for hydroxylation is 1. The minimum absolute atomic E-state index is 0.0346. The van der Waals surface area contributed by atoms with Gasteiger partial charge in [-0.25, -0.2) is 8.42 Å². The zero-order valence-corrected chi connectivity index (χ0v) is 14.9. The fraction of sp³-hybridized carbons (Fsp3) is 0.278. The Kier molecular flexibility index (Phi) is 4.67. The molecule has 0 aromatic heterocycles. The zero-order valence-electron chi connectivity index (χ0n) is 14.1. The molecule has 0 bridgehead atoms. The van der Waals surface area contributed by atoms with Gasteiger partial charge in [-0.15, -0.1) is 0 Å². The Balaban J connectivity index is 1.94. The van der Waals surface area contributed by atoms with Crippen molar-refractivity contribution in [1.82, 2.24) is 5.32 Å². The lowest BCUT2D eigenvalue weighted by molar-refractivity contribution is 0.0952. The van der Waals surface area contributed by atoms with E-state index in [1.807, 2.05) is 0 Å². The standard InChI is InChI=1S/C18H20N2O4S/c1-12-7-10-16(24-2)17(11-12)25(22,23)20-15-6-4-3-5-14(15)18(21)19-13-8-9-13/h3-7,10-11,13,20H,8-9H2,1-2H3,(H,19,21). The van der Waals surface area contributed by atoms with Gasteiger partial charge in [0.25, 0.3) is 15.9 Å². The van der Waals surface area contributed by atoms with E-state index in [4.69, 9.17) is 4.74 Å². The van der Waals surface area contributed by atoms with Crippen LogP contribution in [0.15, 0.2) is 47.4 Å². The Labute approximate surface area is 147 Å². The molecule has 0 spiro atoms. The molecule has 2 N–H and O–H groups in total. The van der Waals surface area contributed by atoms with E-state index in [-0.39, 0.29) is 28.3 Å². The fourth-order valence-electron chi connectivity index (χ4n) is 2.45. The number of nitrogens with one attached hydrogen (secondary N) is 2. The van der Waals surface area contributed by atoms with Gasteiger partial charge < -0.3 is 10.1 Å². The number of amides is 1. The highest BCUT2D eigenvalue weighted by molar-refractivity contribution is 7.92. The van der Waals surface area contributed by atoms with Crippen LogP contribution >= 0.6 is 0 Å². The van der Waals surface area contributed by atoms with Crippen LogP contribution in [0.2, 0.25) is 0 Å². The largest absolute Gasteiger partial charge is 0.495 e. The first-order valence-corrected chi connectivity index (χ1v) is 9.46. The fourth-order valence-corrected chi connectivity index (χ4v) is 3.79. The number of sulfonamides is 1. The lowest BCUT2D eigenvalue weighted by Gasteiger charge is -2.15. The summed E-state index contributed by atoms with van der Waals surface area (Å²) in [5.41, 5.74) is 1.33. The Hall–Kier alpha value is -2.54. The van der Waals surface area contributed by atoms with Crippen molar-refractivity contribution in [3.8, 4) is 5.75 Å². The molecular formula is C18H20N2O4S. The van der Waals surface area contributed by atoms with Gasteiger partial charge in [-0.05, 0) is 49.6 Å². The predicted octanol–water partition coefficient (Wildman–Crippen LogP) is 2.70. The SMILES string of the molecule is COc1ccc(C)cc1S(=O)(=O)Nc1ccccc1C(=O)NC1CC1. The molecule has 0 aliphatic heterocycles. The van der Waals surface area contributed by atoms with Gasteiger partial charge in [-0.1, -0.05) is 18.2 Å². The van der Waals surface area contributed by atoms with Crippen molar-refractivity contribution in [3.05, 3.63) is 53.6 Å². The third-order valence-corrected chi connectivity index (χ3v) is 5.32. The maximum atomic E-state index is 12.8. The van der Waals surface area contributed by atoms with Gasteiger partial charge in [-0.3, -0.25) is 9.52 Å². The van der Waals surface area contributed by atoms with Gasteiger partial charge in [0.05, 0.1) is 18.4 Å². The van der Waals surface area contributed by atoms with E-state index >= 15 is 0 Å². The number of anilines is 1. The molecule has 132 valence electrons. The highest BCUT2D eigenvalue weighted by Crippen LogP contribution is 2.28. The Bertz CT molecular complexity index is 905. The second kappa shape index (κ2) is 6.76. The quantitative estimate of drug-likeness (QED) is 0.829. The predicted molar refractivity (Wildman–Crippen MR) is 95.5 cm³/mol. The van der Waals surface area contributed by atoms with Crippen molar-refractivity contribution in [2.24, 2.45) is 0 Å². The molecule has 1 aliphatic carbocycles. The maximum Gasteiger partial charge on any atom is 0.265 e. The molecule has 1 saturated carbocycles. The van der Waals surface area contributed by atoms with Gasteiger partial charge in [0.15, 0.2) is 0 Å². The van der Waals surface area contributed by atoms with Crippen LogP contribution in [0.25, 0.3) is 0 Å². The van der Waals surface area contributed by atoms with Crippen LogP contribution in [0.5, 0.6) is 5.75 Å². The third-order valence-electron chi connectivity index (χ3n) is 3.94. The summed E-state index contributed by atoms with van der Waals surface area (Å²) >= 11 is 0. The summed E-state index contributed by atoms with van der Waals surface area (Å²) in [6.07, 6.45) is 1.92. The Morgan fingerprint density at radius 2 is 1.88 bits per heavy atom. The van der Waals surface area contributed by atoms with Crippen molar-refractivity contribution in [2.45, 2.75) is 30.7 Å². The average Bonchev–Trinajstić information content (AvgIpc) is 3.39. The van der Waals surface area contributed by atoms with Crippen molar-refractivity contribution >= 4 is 21.6 Å². The second-order valence-electron chi connectivity index (χ2n) is 6.05. The molecule has 2 aromatic rings. The van der Waals surface area contributed by atoms with E-state index in [0.29, 0.717) is 5.56 Å². The van der Waals surface area contributed by atoms with Gasteiger partial charge >= 0.3 is 0 Å². The van der Waals surface area contributed by atoms with Gasteiger partial charge in [0.1, 0.15) is 10.6 Å². The van der Waals surface area contributed by atoms with E-state index < -0.39 is 10.0 Å². The van der Waals surface area contributed by atoms with Gasteiger partial charge in [-0.2, -0.15) is 0 Å². The van der Waals surface area contributed by atoms with E-state index in [0.717, 1.165) is 18.4 Å². The summed E-state index contributed by atoms with van der Waals surface area (Å²) < 4.78 is 33.3. The lowest BCUT2D eigenvalue weighted by atomic mass is 10.1. The molecule has 1 fully saturated rings. The van der Waals surface area contributed by atoms with E-state index in [1.165, 1.54) is 13.2 Å². The number of carbonyl (C=O) groups excluding carboxylic acids is 1. The first-order valence-electron chi connectivity index (χ1n) is 7.98. The molecule has 25 heavy (non-hydrogen) atoms. The van der Waals surface area contributed by atoms with Crippen LogP contribution in [0.3, 0.4) is 0 Å². The summed E-state index contributed by atoms with van der Waals surface area (Å²) in [4.78, 5) is 12.4. The number of ether oxygens (including phenoxy) is 1. The normalized spacial score (nSPS) is 14.0. The number of carbonyl (C=O) groups is 1. The summed E-state index contributed by atoms with van der Waals surface area (Å²) in [6, 6.07) is 11.7. The third kappa shape index (κ3) is 3.93. The second-order valence-corrected chi connectivity index (χ2v) is 7.70. The molecular weight excluding hydrogens is 340 g/mol. The monoisotopic (exact) mass is 360 g/mol. The molecule has 7 heteroatoms. The highest BCUT2D eigenvalue weighted by atomic mass is 32.2. The van der Waals surface area contributed by atoms with E-state index in [2.05, 4.69) is 10.0 Å². The number of methoxy groups -OCH3 is 1. The minimum Gasteiger partial charge on any atom is -0.495 e. The molecule has 1 aliphatic rings. The summed E-state index contributed by atoms with van der Waals surface area (Å²) in [5, 5.41) is 2.87. The zero-order chi connectivity index (χ0) is 18.0. The summed E-state index contributed by atoms with van der Waals surface area (Å²) in [5.74, 6) is -0.0324. The van der Waals surface area contributed by atoms with E-state index in [9.17, 15) is 13.2 Å². The van der Waals surface area contributed by atoms with Gasteiger partial charge in [0, 0.05) is 6.04 Å². The average molecular weight is 360 g/mol. The number of hydrogen-bond acceptors (Lipinski definition) is 4. The molecule has 0 atom stereocenters. The number of hydrogen-bond donors (Lipinski definition) is 2. The van der Waals surface area contributed by atoms with E-state index in [1.54, 1.807) is 43.3 Å². The summed E-state index contributed by atoms with van der Waals surface area (Å²) in [7, 11) is -2.49. The van der Waals surface area contributed by atoms with Crippen molar-refractivity contribution in [2.75, 3.05) is 11.8 Å². The first kappa shape index (κ1) is 17.3. The number of benzene rings is 2. The van der Waals surface area contributed by atoms with Crippen molar-refractivity contribution in [1.29, 1.82) is 0 Å². The lowest BCUT2D eigenvalue weighted by Crippen LogP contribution is -2.27. The van der Waals surface area contributed by atoms with Crippen LogP contribution in [0, 0.1) is 6.92 Å². The smallest absolute Gasteiger partial charge is 0.265 e. The van der Waals surface area contributed by atoms with Crippen LogP contribution in [-0.4, -0.2) is 27.5 Å². The van der Waals surface area contributed by atoms with Crippen LogP contribution < -0.4 is 14.8 Å². The first-order chi connectivity index (χ1) is 11.9. The Morgan fingerprint density at radius 3 is 2.56 bits per heavy atom. The maximum absolute atomic E-state index is 12.8. The number of para-hydroxylation sites is 1. The minimum atomic E-state index is -3.90. The molecule has 0 saturated heterocycles. The van der Waals surface area contributed by atoms with Crippen LogP contribution in [-0.2, 0) is 10.0 Å². The molecule has 6 nitrogen and oxygen atoms in total. The molecule has 0 unspecified atom stereocenters. The molecule has 3 rings (SSSR count). The van der Waals surface area contributed by atoms with Crippen molar-refractivity contribution in [3.63, 3.8) is 0 Å². The molecule has 0 radical (unpaired) electrons. The van der Waals surface area contributed by atoms with Crippen LogP contribution in [0.1, 0.15) is 28.8 Å². The van der Waals surface area contributed by atoms with Gasteiger partial charge in [0.2, 0.25) is 0 Å². The number of rotatable bonds is 6. The topological polar surface area (TPSA) is 84.5 Å². The summed E-state index contributed by atoms with van der Waals surface area (Å²) in [6.45, 7) is 1.80. The molecule has 0 heterocycles.